The second-order valence-corrected chi connectivity index (χ2v) is 8.07. The van der Waals surface area contributed by atoms with E-state index in [0.29, 0.717) is 18.1 Å². The van der Waals surface area contributed by atoms with Gasteiger partial charge >= 0.3 is 6.03 Å². The van der Waals surface area contributed by atoms with Crippen LogP contribution < -0.4 is 5.32 Å². The summed E-state index contributed by atoms with van der Waals surface area (Å²) in [5.74, 6) is -0.273. The number of aliphatic hydroxyl groups excluding tert-OH is 1. The van der Waals surface area contributed by atoms with Crippen LogP contribution in [0.3, 0.4) is 0 Å². The fourth-order valence-corrected chi connectivity index (χ4v) is 3.45. The summed E-state index contributed by atoms with van der Waals surface area (Å²) in [6.45, 7) is 4.20. The van der Waals surface area contributed by atoms with Gasteiger partial charge in [0.1, 0.15) is 5.54 Å². The highest BCUT2D eigenvalue weighted by Gasteiger charge is 2.47. The lowest BCUT2D eigenvalue weighted by Gasteiger charge is -2.22. The third-order valence-corrected chi connectivity index (χ3v) is 5.26. The highest BCUT2D eigenvalue weighted by Crippen LogP contribution is 2.24. The van der Waals surface area contributed by atoms with Gasteiger partial charge in [-0.15, -0.1) is 0 Å². The minimum absolute atomic E-state index is 0.0351. The number of amides is 3. The minimum Gasteiger partial charge on any atom is -0.389 e. The zero-order valence-corrected chi connectivity index (χ0v) is 17.5. The second-order valence-electron chi connectivity index (χ2n) is 7.64. The van der Waals surface area contributed by atoms with Crippen molar-refractivity contribution in [1.29, 1.82) is 0 Å². The number of carbonyl (C=O) groups excluding carboxylic acids is 2. The Kier molecular flexibility index (Phi) is 8.73. The van der Waals surface area contributed by atoms with Crippen LogP contribution in [-0.4, -0.2) is 46.7 Å². The Balaban J connectivity index is 1.76. The maximum absolute atomic E-state index is 12.7. The Morgan fingerprint density at radius 3 is 2.54 bits per heavy atom. The number of nitrogens with zero attached hydrogens (tertiary/aromatic N) is 1. The van der Waals surface area contributed by atoms with Crippen molar-refractivity contribution in [3.63, 3.8) is 0 Å². The molecule has 2 rings (SSSR count). The number of rotatable bonds is 12. The number of unbranched alkanes of at least 4 members (excludes halogenated alkanes) is 4. The zero-order chi connectivity index (χ0) is 20.6. The molecule has 2 N–H and O–H groups in total. The predicted octanol–water partition coefficient (Wildman–Crippen LogP) is 3.89. The third kappa shape index (κ3) is 6.47. The van der Waals surface area contributed by atoms with Crippen LogP contribution >= 0.6 is 11.6 Å². The van der Waals surface area contributed by atoms with Crippen LogP contribution in [0.2, 0.25) is 5.02 Å². The van der Waals surface area contributed by atoms with Crippen molar-refractivity contribution in [2.24, 2.45) is 0 Å². The summed E-state index contributed by atoms with van der Waals surface area (Å²) in [5, 5.41) is 13.6. The molecule has 0 bridgehead atoms. The molecular formula is C21H31ClN2O4. The van der Waals surface area contributed by atoms with Gasteiger partial charge in [0.15, 0.2) is 0 Å². The average molecular weight is 411 g/mol. The summed E-state index contributed by atoms with van der Waals surface area (Å²) in [6, 6.07) is 6.79. The van der Waals surface area contributed by atoms with Gasteiger partial charge in [-0.3, -0.25) is 9.69 Å². The molecule has 1 aromatic rings. The fraction of sp³-hybridized carbons (Fsp3) is 0.619. The molecule has 6 nitrogen and oxygen atoms in total. The first-order valence-corrected chi connectivity index (χ1v) is 10.4. The van der Waals surface area contributed by atoms with E-state index in [1.54, 1.807) is 19.1 Å². The highest BCUT2D eigenvalue weighted by molar-refractivity contribution is 6.30. The molecule has 0 aromatic heterocycles. The summed E-state index contributed by atoms with van der Waals surface area (Å²) in [7, 11) is 0. The number of halogens is 1. The van der Waals surface area contributed by atoms with Crippen molar-refractivity contribution in [1.82, 2.24) is 10.2 Å². The van der Waals surface area contributed by atoms with E-state index in [0.717, 1.165) is 29.7 Å². The molecule has 0 saturated carbocycles. The fourth-order valence-electron chi connectivity index (χ4n) is 3.32. The van der Waals surface area contributed by atoms with Crippen molar-refractivity contribution in [2.45, 2.75) is 70.6 Å². The normalized spacial score (nSPS) is 20.5. The van der Waals surface area contributed by atoms with Crippen LogP contribution in [0.1, 0.15) is 57.9 Å². The smallest absolute Gasteiger partial charge is 0.325 e. The number of carbonyl (C=O) groups is 2. The minimum atomic E-state index is -0.936. The maximum Gasteiger partial charge on any atom is 0.325 e. The van der Waals surface area contributed by atoms with Gasteiger partial charge in [-0.05, 0) is 31.0 Å². The molecule has 1 saturated heterocycles. The number of aliphatic hydroxyl groups is 1. The van der Waals surface area contributed by atoms with Gasteiger partial charge in [0.25, 0.3) is 5.91 Å². The number of nitrogens with one attached hydrogen (secondary N) is 1. The lowest BCUT2D eigenvalue weighted by atomic mass is 9.94. The lowest BCUT2D eigenvalue weighted by Crippen LogP contribution is -2.44. The summed E-state index contributed by atoms with van der Waals surface area (Å²) < 4.78 is 5.49. The van der Waals surface area contributed by atoms with E-state index in [1.807, 2.05) is 12.1 Å². The van der Waals surface area contributed by atoms with E-state index in [4.69, 9.17) is 16.3 Å². The van der Waals surface area contributed by atoms with E-state index in [1.165, 1.54) is 12.8 Å². The van der Waals surface area contributed by atoms with Crippen molar-refractivity contribution in [2.75, 3.05) is 13.2 Å². The van der Waals surface area contributed by atoms with E-state index in [9.17, 15) is 14.7 Å². The van der Waals surface area contributed by atoms with Crippen molar-refractivity contribution < 1.29 is 19.4 Å². The zero-order valence-electron chi connectivity index (χ0n) is 16.7. The second kappa shape index (κ2) is 10.8. The number of hydrogen-bond donors (Lipinski definition) is 2. The Morgan fingerprint density at radius 2 is 1.86 bits per heavy atom. The first-order valence-electron chi connectivity index (χ1n) is 10.00. The van der Waals surface area contributed by atoms with E-state index in [2.05, 4.69) is 12.2 Å². The molecule has 156 valence electrons. The van der Waals surface area contributed by atoms with Gasteiger partial charge < -0.3 is 15.2 Å². The molecule has 2 unspecified atom stereocenters. The summed E-state index contributed by atoms with van der Waals surface area (Å²) in [4.78, 5) is 26.0. The number of β-amino-alcohol motifs (C(OH)–C–C–N with tert-alkyl or cyclic N) is 1. The molecule has 2 atom stereocenters. The van der Waals surface area contributed by atoms with Gasteiger partial charge in [0, 0.05) is 5.02 Å². The summed E-state index contributed by atoms with van der Waals surface area (Å²) >= 11 is 5.84. The topological polar surface area (TPSA) is 78.9 Å². The van der Waals surface area contributed by atoms with Gasteiger partial charge in [0.05, 0.1) is 25.9 Å². The van der Waals surface area contributed by atoms with Crippen LogP contribution in [0.5, 0.6) is 0 Å². The van der Waals surface area contributed by atoms with Crippen LogP contribution in [0.4, 0.5) is 4.79 Å². The van der Waals surface area contributed by atoms with Gasteiger partial charge in [-0.1, -0.05) is 62.8 Å². The number of ether oxygens (including phenoxy) is 1. The molecule has 1 aromatic carbocycles. The summed E-state index contributed by atoms with van der Waals surface area (Å²) in [6.07, 6.45) is 5.11. The molecular weight excluding hydrogens is 380 g/mol. The van der Waals surface area contributed by atoms with E-state index < -0.39 is 17.7 Å². The predicted molar refractivity (Wildman–Crippen MR) is 109 cm³/mol. The van der Waals surface area contributed by atoms with Crippen LogP contribution in [0, 0.1) is 0 Å². The first kappa shape index (κ1) is 22.7. The van der Waals surface area contributed by atoms with Crippen molar-refractivity contribution in [3.05, 3.63) is 34.9 Å². The van der Waals surface area contributed by atoms with Gasteiger partial charge in [-0.25, -0.2) is 4.79 Å². The Morgan fingerprint density at radius 1 is 1.18 bits per heavy atom. The maximum atomic E-state index is 12.7. The Bertz CT molecular complexity index is 652. The SMILES string of the molecule is CCCCCCCC1(C)NC(=O)N(CC(O)COCc2ccc(Cl)cc2)C1=O. The number of urea groups is 1. The molecule has 0 radical (unpaired) electrons. The van der Waals surface area contributed by atoms with Gasteiger partial charge in [0.2, 0.25) is 0 Å². The van der Waals surface area contributed by atoms with Crippen LogP contribution in [-0.2, 0) is 16.1 Å². The molecule has 3 amide bonds. The monoisotopic (exact) mass is 410 g/mol. The molecule has 1 heterocycles. The number of hydrogen-bond acceptors (Lipinski definition) is 4. The lowest BCUT2D eigenvalue weighted by molar-refractivity contribution is -0.132. The Hall–Kier alpha value is -1.63. The largest absolute Gasteiger partial charge is 0.389 e. The molecule has 0 aliphatic carbocycles. The van der Waals surface area contributed by atoms with E-state index >= 15 is 0 Å². The number of imide groups is 1. The quantitative estimate of drug-likeness (QED) is 0.404. The molecule has 1 aliphatic rings. The Labute approximate surface area is 172 Å². The van der Waals surface area contributed by atoms with Crippen LogP contribution in [0.25, 0.3) is 0 Å². The number of benzene rings is 1. The molecule has 0 spiro atoms. The van der Waals surface area contributed by atoms with Crippen LogP contribution in [0.15, 0.2) is 24.3 Å². The standard InChI is InChI=1S/C21H31ClN2O4/c1-3-4-5-6-7-12-21(2)19(26)24(20(27)23-21)13-18(25)15-28-14-16-8-10-17(22)11-9-16/h8-11,18,25H,3-7,12-15H2,1-2H3,(H,23,27). The third-order valence-electron chi connectivity index (χ3n) is 5.01. The molecule has 1 aliphatic heterocycles. The highest BCUT2D eigenvalue weighted by atomic mass is 35.5. The molecule has 1 fully saturated rings. The summed E-state index contributed by atoms with van der Waals surface area (Å²) in [5.41, 5.74) is 0.0509. The van der Waals surface area contributed by atoms with Gasteiger partial charge in [-0.2, -0.15) is 0 Å². The van der Waals surface area contributed by atoms with Crippen molar-refractivity contribution in [3.8, 4) is 0 Å². The average Bonchev–Trinajstić information content (AvgIpc) is 2.86. The van der Waals surface area contributed by atoms with Crippen molar-refractivity contribution >= 4 is 23.5 Å². The molecule has 7 heteroatoms. The first-order chi connectivity index (χ1) is 13.4. The van der Waals surface area contributed by atoms with E-state index in [-0.39, 0.29) is 19.1 Å². The molecule has 28 heavy (non-hydrogen) atoms.